The van der Waals surface area contributed by atoms with Crippen molar-refractivity contribution in [1.29, 1.82) is 0 Å². The molecule has 3 rings (SSSR count). The van der Waals surface area contributed by atoms with Gasteiger partial charge in [-0.2, -0.15) is 0 Å². The van der Waals surface area contributed by atoms with Crippen LogP contribution in [0, 0.1) is 6.92 Å². The summed E-state index contributed by atoms with van der Waals surface area (Å²) in [4.78, 5) is 67.1. The number of thiazole rings is 1. The van der Waals surface area contributed by atoms with Crippen molar-refractivity contribution in [2.75, 3.05) is 19.7 Å². The van der Waals surface area contributed by atoms with Crippen LogP contribution in [-0.4, -0.2) is 66.3 Å². The first-order valence-electron chi connectivity index (χ1n) is 11.8. The number of aromatic nitrogens is 1. The molecule has 12 nitrogen and oxygen atoms in total. The van der Waals surface area contributed by atoms with Gasteiger partial charge < -0.3 is 31.7 Å². The Bertz CT molecular complexity index is 1150. The summed E-state index contributed by atoms with van der Waals surface area (Å²) >= 11 is 1.54. The first-order chi connectivity index (χ1) is 17.7. The molecule has 0 unspecified atom stereocenters. The lowest BCUT2D eigenvalue weighted by atomic mass is 10.1. The van der Waals surface area contributed by atoms with E-state index in [4.69, 9.17) is 10.5 Å². The van der Waals surface area contributed by atoms with Crippen molar-refractivity contribution in [3.8, 4) is 5.75 Å². The number of nitrogens with zero attached hydrogens (tertiary/aromatic N) is 1. The summed E-state index contributed by atoms with van der Waals surface area (Å²) in [6.07, 6.45) is 0.392. The van der Waals surface area contributed by atoms with Crippen LogP contribution in [0.5, 0.6) is 5.75 Å². The Balaban J connectivity index is 1.75. The molecule has 1 aliphatic rings. The molecule has 1 aromatic carbocycles. The molecule has 0 bridgehead atoms. The zero-order valence-corrected chi connectivity index (χ0v) is 21.2. The second-order valence-electron chi connectivity index (χ2n) is 8.43. The standard InChI is InChI=1S/C24H30N6O6S/c1-14-13-37-21(28-14)7-4-8-26-24(35)17-12-20(32)29-16(11-19(25)31)23(34)27-9-10-36-18-6-3-2-5-15(18)22(33)30-17/h2-3,5-6,13,16-17H,4,7-12H2,1H3,(H2,25,31)(H,26,35)(H,27,34)(H,29,32)(H,30,33)/t16-,17-/m0/s1. The van der Waals surface area contributed by atoms with E-state index in [0.717, 1.165) is 10.7 Å². The number of carbonyl (C=O) groups is 5. The Morgan fingerprint density at radius 3 is 2.73 bits per heavy atom. The van der Waals surface area contributed by atoms with Crippen LogP contribution in [0.1, 0.15) is 40.3 Å². The number of nitrogens with two attached hydrogens (primary N) is 1. The number of amides is 5. The normalized spacial score (nSPS) is 18.8. The quantitative estimate of drug-likeness (QED) is 0.301. The van der Waals surface area contributed by atoms with Crippen LogP contribution in [0.25, 0.3) is 0 Å². The molecule has 198 valence electrons. The summed E-state index contributed by atoms with van der Waals surface area (Å²) in [7, 11) is 0. The molecular weight excluding hydrogens is 500 g/mol. The number of fused-ring (bicyclic) bond motifs is 1. The van der Waals surface area contributed by atoms with Crippen molar-refractivity contribution in [3.63, 3.8) is 0 Å². The maximum Gasteiger partial charge on any atom is 0.255 e. The van der Waals surface area contributed by atoms with Crippen molar-refractivity contribution < 1.29 is 28.7 Å². The molecule has 1 aromatic heterocycles. The van der Waals surface area contributed by atoms with Crippen LogP contribution in [0.2, 0.25) is 0 Å². The number of aryl methyl sites for hydroxylation is 2. The topological polar surface area (TPSA) is 182 Å². The van der Waals surface area contributed by atoms with E-state index in [9.17, 15) is 24.0 Å². The Labute approximate surface area is 217 Å². The number of ether oxygens (including phenoxy) is 1. The fraction of sp³-hybridized carbons (Fsp3) is 0.417. The number of hydrogen-bond donors (Lipinski definition) is 5. The van der Waals surface area contributed by atoms with Gasteiger partial charge in [-0.3, -0.25) is 24.0 Å². The molecule has 2 heterocycles. The fourth-order valence-corrected chi connectivity index (χ4v) is 4.44. The van der Waals surface area contributed by atoms with Gasteiger partial charge >= 0.3 is 0 Å². The van der Waals surface area contributed by atoms with Crippen molar-refractivity contribution in [2.45, 2.75) is 44.7 Å². The molecule has 2 aromatic rings. The van der Waals surface area contributed by atoms with E-state index < -0.39 is 54.5 Å². The maximum absolute atomic E-state index is 13.0. The molecule has 13 heteroatoms. The molecule has 0 aliphatic carbocycles. The number of carbonyl (C=O) groups excluding carboxylic acids is 5. The van der Waals surface area contributed by atoms with Crippen molar-refractivity contribution in [3.05, 3.63) is 45.9 Å². The lowest BCUT2D eigenvalue weighted by Crippen LogP contribution is -2.53. The molecule has 6 N–H and O–H groups in total. The monoisotopic (exact) mass is 530 g/mol. The number of para-hydroxylation sites is 1. The largest absolute Gasteiger partial charge is 0.491 e. The minimum absolute atomic E-state index is 0.0236. The lowest BCUT2D eigenvalue weighted by molar-refractivity contribution is -0.132. The van der Waals surface area contributed by atoms with Gasteiger partial charge in [0.25, 0.3) is 5.91 Å². The Morgan fingerprint density at radius 2 is 2.00 bits per heavy atom. The molecule has 0 saturated heterocycles. The minimum atomic E-state index is -1.25. The van der Waals surface area contributed by atoms with Crippen LogP contribution in [0.3, 0.4) is 0 Å². The summed E-state index contributed by atoms with van der Waals surface area (Å²) in [5, 5.41) is 13.2. The lowest BCUT2D eigenvalue weighted by Gasteiger charge is -2.22. The third-order valence-electron chi connectivity index (χ3n) is 5.39. The molecule has 0 fully saturated rings. The van der Waals surface area contributed by atoms with Gasteiger partial charge in [0.1, 0.15) is 24.4 Å². The molecule has 37 heavy (non-hydrogen) atoms. The van der Waals surface area contributed by atoms with E-state index in [0.29, 0.717) is 19.4 Å². The predicted molar refractivity (Wildman–Crippen MR) is 135 cm³/mol. The molecule has 0 spiro atoms. The zero-order valence-electron chi connectivity index (χ0n) is 20.4. The number of rotatable bonds is 7. The highest BCUT2D eigenvalue weighted by Gasteiger charge is 2.29. The van der Waals surface area contributed by atoms with Gasteiger partial charge in [0.15, 0.2) is 0 Å². The Kier molecular flexibility index (Phi) is 9.95. The van der Waals surface area contributed by atoms with Gasteiger partial charge in [0.05, 0.1) is 30.0 Å². The SMILES string of the molecule is Cc1csc(CCCNC(=O)[C@@H]2CC(=O)N[C@@H](CC(N)=O)C(=O)NCCOc3ccccc3C(=O)N2)n1. The number of primary amides is 1. The van der Waals surface area contributed by atoms with Gasteiger partial charge in [-0.05, 0) is 25.5 Å². The van der Waals surface area contributed by atoms with Crippen molar-refractivity contribution in [1.82, 2.24) is 26.3 Å². The first-order valence-corrected chi connectivity index (χ1v) is 12.7. The Hall–Kier alpha value is -4.00. The van der Waals surface area contributed by atoms with Crippen LogP contribution in [0.4, 0.5) is 0 Å². The van der Waals surface area contributed by atoms with Gasteiger partial charge in [-0.25, -0.2) is 4.98 Å². The van der Waals surface area contributed by atoms with Gasteiger partial charge in [-0.15, -0.1) is 11.3 Å². The number of hydrogen-bond acceptors (Lipinski definition) is 8. The van der Waals surface area contributed by atoms with Crippen LogP contribution < -0.4 is 31.7 Å². The molecule has 0 saturated carbocycles. The van der Waals surface area contributed by atoms with Crippen LogP contribution >= 0.6 is 11.3 Å². The van der Waals surface area contributed by atoms with E-state index in [-0.39, 0.29) is 24.5 Å². The maximum atomic E-state index is 13.0. The van der Waals surface area contributed by atoms with Gasteiger partial charge in [-0.1, -0.05) is 12.1 Å². The summed E-state index contributed by atoms with van der Waals surface area (Å²) in [5.41, 5.74) is 6.34. The summed E-state index contributed by atoms with van der Waals surface area (Å²) in [6.45, 7) is 2.29. The predicted octanol–water partition coefficient (Wildman–Crippen LogP) is -0.442. The van der Waals surface area contributed by atoms with Crippen molar-refractivity contribution >= 4 is 40.9 Å². The first kappa shape index (κ1) is 27.6. The number of benzene rings is 1. The Morgan fingerprint density at radius 1 is 1.22 bits per heavy atom. The average Bonchev–Trinajstić information content (AvgIpc) is 3.27. The average molecular weight is 531 g/mol. The van der Waals surface area contributed by atoms with Gasteiger partial charge in [0.2, 0.25) is 23.6 Å². The molecule has 0 radical (unpaired) electrons. The van der Waals surface area contributed by atoms with E-state index in [1.165, 1.54) is 6.07 Å². The van der Waals surface area contributed by atoms with Crippen molar-refractivity contribution in [2.24, 2.45) is 5.73 Å². The third-order valence-corrected chi connectivity index (χ3v) is 6.42. The second kappa shape index (κ2) is 13.3. The smallest absolute Gasteiger partial charge is 0.255 e. The van der Waals surface area contributed by atoms with E-state index >= 15 is 0 Å². The number of nitrogens with one attached hydrogen (secondary N) is 4. The molecule has 5 amide bonds. The van der Waals surface area contributed by atoms with E-state index in [2.05, 4.69) is 26.3 Å². The fourth-order valence-electron chi connectivity index (χ4n) is 3.62. The third kappa shape index (κ3) is 8.56. The molecular formula is C24H30N6O6S. The summed E-state index contributed by atoms with van der Waals surface area (Å²) in [5.74, 6) is -3.03. The van der Waals surface area contributed by atoms with Crippen LogP contribution in [0.15, 0.2) is 29.6 Å². The van der Waals surface area contributed by atoms with E-state index in [1.54, 1.807) is 29.5 Å². The summed E-state index contributed by atoms with van der Waals surface area (Å²) < 4.78 is 5.65. The van der Waals surface area contributed by atoms with E-state index in [1.807, 2.05) is 12.3 Å². The highest BCUT2D eigenvalue weighted by atomic mass is 32.1. The minimum Gasteiger partial charge on any atom is -0.491 e. The van der Waals surface area contributed by atoms with Gasteiger partial charge in [0, 0.05) is 24.0 Å². The summed E-state index contributed by atoms with van der Waals surface area (Å²) in [6, 6.07) is 3.95. The highest BCUT2D eigenvalue weighted by molar-refractivity contribution is 7.09. The molecule has 2 atom stereocenters. The molecule has 1 aliphatic heterocycles. The van der Waals surface area contributed by atoms with Crippen LogP contribution in [-0.2, 0) is 25.6 Å². The highest BCUT2D eigenvalue weighted by Crippen LogP contribution is 2.18. The second-order valence-corrected chi connectivity index (χ2v) is 9.38. The zero-order chi connectivity index (χ0) is 26.8.